The molecule has 3 heteroatoms. The molecule has 2 atom stereocenters. The summed E-state index contributed by atoms with van der Waals surface area (Å²) in [6, 6.07) is 5.44. The summed E-state index contributed by atoms with van der Waals surface area (Å²) in [5, 5.41) is 0. The Labute approximate surface area is 137 Å². The maximum absolute atomic E-state index is 14.5. The molecular formula is C20H25F2N. The fourth-order valence-corrected chi connectivity index (χ4v) is 3.09. The predicted molar refractivity (Wildman–Crippen MR) is 91.9 cm³/mol. The second-order valence-electron chi connectivity index (χ2n) is 6.46. The molecule has 0 radical (unpaired) electrons. The molecule has 0 saturated carbocycles. The first-order valence-corrected chi connectivity index (χ1v) is 8.38. The van der Waals surface area contributed by atoms with Gasteiger partial charge >= 0.3 is 0 Å². The molecule has 0 aromatic carbocycles. The molecular weight excluding hydrogens is 292 g/mol. The summed E-state index contributed by atoms with van der Waals surface area (Å²) in [4.78, 5) is 4.29. The Kier molecular flexibility index (Phi) is 6.26. The van der Waals surface area contributed by atoms with Crippen molar-refractivity contribution in [3.8, 4) is 0 Å². The average molecular weight is 317 g/mol. The molecule has 0 N–H and O–H groups in total. The van der Waals surface area contributed by atoms with Crippen LogP contribution in [0.4, 0.5) is 8.78 Å². The van der Waals surface area contributed by atoms with E-state index in [1.54, 1.807) is 18.3 Å². The summed E-state index contributed by atoms with van der Waals surface area (Å²) in [7, 11) is 0. The van der Waals surface area contributed by atoms with E-state index in [-0.39, 0.29) is 24.1 Å². The second kappa shape index (κ2) is 8.19. The summed E-state index contributed by atoms with van der Waals surface area (Å²) < 4.78 is 28.4. The van der Waals surface area contributed by atoms with Gasteiger partial charge < -0.3 is 0 Å². The highest BCUT2D eigenvalue weighted by Gasteiger charge is 2.31. The highest BCUT2D eigenvalue weighted by molar-refractivity contribution is 5.70. The fraction of sp³-hybridized carbons (Fsp3) is 0.450. The van der Waals surface area contributed by atoms with Crippen molar-refractivity contribution in [2.45, 2.75) is 40.0 Å². The number of hydrogen-bond donors (Lipinski definition) is 0. The van der Waals surface area contributed by atoms with Crippen molar-refractivity contribution in [1.82, 2.24) is 4.98 Å². The van der Waals surface area contributed by atoms with Gasteiger partial charge in [0.05, 0.1) is 5.69 Å². The predicted octanol–water partition coefficient (Wildman–Crippen LogP) is 6.26. The molecule has 1 heterocycles. The highest BCUT2D eigenvalue weighted by Crippen LogP contribution is 2.42. The normalized spacial score (nSPS) is 20.3. The number of halogens is 2. The van der Waals surface area contributed by atoms with E-state index >= 15 is 0 Å². The summed E-state index contributed by atoms with van der Waals surface area (Å²) in [5.41, 5.74) is 1.15. The molecule has 0 saturated heterocycles. The fourth-order valence-electron chi connectivity index (χ4n) is 3.09. The van der Waals surface area contributed by atoms with E-state index in [0.29, 0.717) is 17.2 Å². The molecule has 1 aliphatic rings. The van der Waals surface area contributed by atoms with E-state index in [9.17, 15) is 8.78 Å². The summed E-state index contributed by atoms with van der Waals surface area (Å²) >= 11 is 0. The molecule has 1 aromatic heterocycles. The quantitative estimate of drug-likeness (QED) is 0.564. The van der Waals surface area contributed by atoms with Crippen molar-refractivity contribution in [3.05, 3.63) is 60.0 Å². The Bertz CT molecular complexity index is 599. The number of hydrogen-bond acceptors (Lipinski definition) is 1. The molecule has 124 valence electrons. The van der Waals surface area contributed by atoms with E-state index < -0.39 is 5.83 Å². The summed E-state index contributed by atoms with van der Waals surface area (Å²) in [6.45, 7) is 6.32. The third-order valence-electron chi connectivity index (χ3n) is 4.15. The smallest absolute Gasteiger partial charge is 0.131 e. The van der Waals surface area contributed by atoms with Crippen molar-refractivity contribution >= 4 is 5.57 Å². The molecule has 0 bridgehead atoms. The summed E-state index contributed by atoms with van der Waals surface area (Å²) in [6.07, 6.45) is 9.05. The number of pyridine rings is 1. The average Bonchev–Trinajstić information content (AvgIpc) is 2.51. The molecule has 2 unspecified atom stereocenters. The zero-order valence-corrected chi connectivity index (χ0v) is 14.1. The number of aromatic nitrogens is 1. The van der Waals surface area contributed by atoms with Crippen LogP contribution in [0.15, 0.2) is 54.3 Å². The van der Waals surface area contributed by atoms with Crippen molar-refractivity contribution in [2.24, 2.45) is 17.8 Å². The van der Waals surface area contributed by atoms with E-state index in [1.165, 1.54) is 0 Å². The lowest BCUT2D eigenvalue weighted by Crippen LogP contribution is -2.19. The SMILES string of the molecule is CCCC(C=CC(C)C)C1CC(F)=CC(F)=C1c1ccccn1. The van der Waals surface area contributed by atoms with Crippen molar-refractivity contribution in [1.29, 1.82) is 0 Å². The highest BCUT2D eigenvalue weighted by atomic mass is 19.1. The van der Waals surface area contributed by atoms with Gasteiger partial charge in [-0.1, -0.05) is 45.4 Å². The van der Waals surface area contributed by atoms with Gasteiger partial charge in [-0.2, -0.15) is 0 Å². The molecule has 0 aliphatic heterocycles. The van der Waals surface area contributed by atoms with Gasteiger partial charge in [0.15, 0.2) is 0 Å². The lowest BCUT2D eigenvalue weighted by atomic mass is 9.76. The Hall–Kier alpha value is -1.77. The number of rotatable bonds is 6. The third-order valence-corrected chi connectivity index (χ3v) is 4.15. The summed E-state index contributed by atoms with van der Waals surface area (Å²) in [5.74, 6) is -0.539. The monoisotopic (exact) mass is 317 g/mol. The largest absolute Gasteiger partial charge is 0.256 e. The standard InChI is InChI=1S/C20H25F2N/c1-4-7-15(10-9-14(2)3)17-12-16(21)13-18(22)20(17)19-8-5-6-11-23-19/h5-6,8-11,13-15,17H,4,7,12H2,1-3H3. The van der Waals surface area contributed by atoms with Gasteiger partial charge in [0, 0.05) is 30.2 Å². The van der Waals surface area contributed by atoms with Crippen LogP contribution < -0.4 is 0 Å². The Morgan fingerprint density at radius 1 is 1.26 bits per heavy atom. The first-order chi connectivity index (χ1) is 11.0. The molecule has 0 spiro atoms. The van der Waals surface area contributed by atoms with Crippen molar-refractivity contribution in [3.63, 3.8) is 0 Å². The first-order valence-electron chi connectivity index (χ1n) is 8.38. The lowest BCUT2D eigenvalue weighted by Gasteiger charge is -2.29. The number of allylic oxidation sites excluding steroid dienone is 6. The van der Waals surface area contributed by atoms with Crippen LogP contribution in [-0.2, 0) is 0 Å². The maximum atomic E-state index is 14.5. The van der Waals surface area contributed by atoms with E-state index in [1.807, 2.05) is 6.07 Å². The van der Waals surface area contributed by atoms with Gasteiger partial charge in [-0.05, 0) is 30.4 Å². The van der Waals surface area contributed by atoms with Gasteiger partial charge in [0.2, 0.25) is 0 Å². The van der Waals surface area contributed by atoms with Crippen molar-refractivity contribution in [2.75, 3.05) is 0 Å². The van der Waals surface area contributed by atoms with E-state index in [2.05, 4.69) is 37.9 Å². The zero-order chi connectivity index (χ0) is 16.8. The Balaban J connectivity index is 2.42. The lowest BCUT2D eigenvalue weighted by molar-refractivity contribution is 0.400. The van der Waals surface area contributed by atoms with Crippen LogP contribution in [0, 0.1) is 17.8 Å². The molecule has 1 nitrogen and oxygen atoms in total. The maximum Gasteiger partial charge on any atom is 0.131 e. The van der Waals surface area contributed by atoms with Gasteiger partial charge in [0.1, 0.15) is 11.7 Å². The van der Waals surface area contributed by atoms with Crippen LogP contribution in [0.2, 0.25) is 0 Å². The van der Waals surface area contributed by atoms with Crippen LogP contribution in [0.1, 0.15) is 45.7 Å². The van der Waals surface area contributed by atoms with Gasteiger partial charge in [-0.3, -0.25) is 4.98 Å². The molecule has 1 aliphatic carbocycles. The molecule has 23 heavy (non-hydrogen) atoms. The van der Waals surface area contributed by atoms with Crippen molar-refractivity contribution < 1.29 is 8.78 Å². The van der Waals surface area contributed by atoms with Crippen LogP contribution >= 0.6 is 0 Å². The Morgan fingerprint density at radius 2 is 2.04 bits per heavy atom. The topological polar surface area (TPSA) is 12.9 Å². The van der Waals surface area contributed by atoms with Gasteiger partial charge in [0.25, 0.3) is 0 Å². The second-order valence-corrected chi connectivity index (χ2v) is 6.46. The first kappa shape index (κ1) is 17.6. The molecule has 2 rings (SSSR count). The van der Waals surface area contributed by atoms with E-state index in [0.717, 1.165) is 18.9 Å². The van der Waals surface area contributed by atoms with Crippen LogP contribution in [0.3, 0.4) is 0 Å². The van der Waals surface area contributed by atoms with E-state index in [4.69, 9.17) is 0 Å². The van der Waals surface area contributed by atoms with Crippen LogP contribution in [0.5, 0.6) is 0 Å². The Morgan fingerprint density at radius 3 is 2.65 bits per heavy atom. The zero-order valence-electron chi connectivity index (χ0n) is 14.1. The van der Waals surface area contributed by atoms with Crippen LogP contribution in [-0.4, -0.2) is 4.98 Å². The van der Waals surface area contributed by atoms with Crippen LogP contribution in [0.25, 0.3) is 5.57 Å². The number of nitrogens with zero attached hydrogens (tertiary/aromatic N) is 1. The molecule has 1 aromatic rings. The minimum Gasteiger partial charge on any atom is -0.256 e. The molecule has 0 amide bonds. The minimum absolute atomic E-state index is 0.115. The van der Waals surface area contributed by atoms with Gasteiger partial charge in [-0.15, -0.1) is 0 Å². The minimum atomic E-state index is -0.489. The third kappa shape index (κ3) is 4.60. The van der Waals surface area contributed by atoms with Gasteiger partial charge in [-0.25, -0.2) is 8.78 Å². The molecule has 0 fully saturated rings.